The first-order chi connectivity index (χ1) is 13.0. The number of aliphatic hydroxyl groups excluding tert-OH is 1. The Morgan fingerprint density at radius 1 is 1.44 bits per heavy atom. The van der Waals surface area contributed by atoms with Crippen LogP contribution in [-0.2, 0) is 6.54 Å². The van der Waals surface area contributed by atoms with Gasteiger partial charge in [0.1, 0.15) is 11.5 Å². The first-order valence-corrected chi connectivity index (χ1v) is 9.37. The van der Waals surface area contributed by atoms with Crippen molar-refractivity contribution in [1.29, 1.82) is 0 Å². The van der Waals surface area contributed by atoms with E-state index in [2.05, 4.69) is 30.7 Å². The van der Waals surface area contributed by atoms with Crippen LogP contribution in [0.15, 0.2) is 55.3 Å². The molecule has 0 aliphatic carbocycles. The molecular weight excluding hydrogens is 340 g/mol. The molecule has 0 fully saturated rings. The summed E-state index contributed by atoms with van der Waals surface area (Å²) >= 11 is 0. The van der Waals surface area contributed by atoms with E-state index in [1.807, 2.05) is 39.1 Å². The molecule has 0 spiro atoms. The van der Waals surface area contributed by atoms with Gasteiger partial charge < -0.3 is 20.5 Å². The molecular formula is C22H34N2O3. The van der Waals surface area contributed by atoms with E-state index < -0.39 is 0 Å². The lowest BCUT2D eigenvalue weighted by molar-refractivity contribution is 0.0965. The molecule has 5 nitrogen and oxygen atoms in total. The third-order valence-corrected chi connectivity index (χ3v) is 3.75. The molecule has 0 saturated heterocycles. The number of carbonyl (C=O) groups is 1. The quantitative estimate of drug-likeness (QED) is 0.466. The Bertz CT molecular complexity index is 624. The number of aliphatic hydroxyl groups is 1. The maximum atomic E-state index is 11.5. The first-order valence-electron chi connectivity index (χ1n) is 9.37. The Hall–Kier alpha value is -2.53. The summed E-state index contributed by atoms with van der Waals surface area (Å²) in [6.07, 6.45) is 5.73. The highest BCUT2D eigenvalue weighted by Gasteiger charge is 2.19. The number of hydrogen-bond donors (Lipinski definition) is 3. The smallest absolute Gasteiger partial charge is 0.252 e. The van der Waals surface area contributed by atoms with Gasteiger partial charge in [-0.25, -0.2) is 0 Å². The van der Waals surface area contributed by atoms with Crippen molar-refractivity contribution in [2.45, 2.75) is 33.7 Å². The Labute approximate surface area is 163 Å². The molecule has 0 saturated carbocycles. The van der Waals surface area contributed by atoms with E-state index in [-0.39, 0.29) is 11.7 Å². The fourth-order valence-corrected chi connectivity index (χ4v) is 2.28. The average Bonchev–Trinajstić information content (AvgIpc) is 3.06. The minimum absolute atomic E-state index is 0.00211. The van der Waals surface area contributed by atoms with Crippen LogP contribution in [0.3, 0.4) is 0 Å². The second-order valence-electron chi connectivity index (χ2n) is 5.73. The average molecular weight is 375 g/mol. The van der Waals surface area contributed by atoms with Crippen LogP contribution < -0.4 is 15.4 Å². The van der Waals surface area contributed by atoms with Crippen LogP contribution in [0.1, 0.15) is 43.1 Å². The van der Waals surface area contributed by atoms with Crippen molar-refractivity contribution < 1.29 is 14.6 Å². The van der Waals surface area contributed by atoms with Crippen LogP contribution in [-0.4, -0.2) is 31.2 Å². The minimum Gasteiger partial charge on any atom is -0.509 e. The van der Waals surface area contributed by atoms with Gasteiger partial charge in [-0.15, -0.1) is 0 Å². The van der Waals surface area contributed by atoms with E-state index in [0.717, 1.165) is 29.8 Å². The maximum absolute atomic E-state index is 11.5. The maximum Gasteiger partial charge on any atom is 0.252 e. The molecule has 150 valence electrons. The summed E-state index contributed by atoms with van der Waals surface area (Å²) in [6, 6.07) is 5.73. The zero-order chi connectivity index (χ0) is 20.7. The first kappa shape index (κ1) is 24.5. The Morgan fingerprint density at radius 3 is 2.67 bits per heavy atom. The fourth-order valence-electron chi connectivity index (χ4n) is 2.28. The molecule has 1 heterocycles. The van der Waals surface area contributed by atoms with Crippen molar-refractivity contribution >= 4 is 5.91 Å². The molecule has 1 atom stereocenters. The Morgan fingerprint density at radius 2 is 2.15 bits per heavy atom. The molecule has 0 bridgehead atoms. The standard InChI is InChI=1S/C14H20N2O2.C6H8O.C2H6/c1-3-10(7-15-2)9-18-12-5-4-11-8-16-14(17)13(11)6-12;1-3-4-5-6(2)7;1-2/h4-6,10,15H,3,7-9H2,1-2H3,(H,16,17);3-5,7H,1-2H2;1-2H3/b;5-4-;. The van der Waals surface area contributed by atoms with Crippen molar-refractivity contribution in [3.63, 3.8) is 0 Å². The third kappa shape index (κ3) is 9.66. The van der Waals surface area contributed by atoms with Gasteiger partial charge in [0.2, 0.25) is 0 Å². The summed E-state index contributed by atoms with van der Waals surface area (Å²) in [5.41, 5.74) is 1.80. The van der Waals surface area contributed by atoms with Crippen molar-refractivity contribution in [3.8, 4) is 5.75 Å². The van der Waals surface area contributed by atoms with Crippen LogP contribution in [0.5, 0.6) is 5.75 Å². The second kappa shape index (κ2) is 14.6. The minimum atomic E-state index is -0.00211. The van der Waals surface area contributed by atoms with Crippen molar-refractivity contribution in [3.05, 3.63) is 66.5 Å². The molecule has 1 amide bonds. The van der Waals surface area contributed by atoms with E-state index in [1.54, 1.807) is 12.2 Å². The normalized spacial score (nSPS) is 12.7. The van der Waals surface area contributed by atoms with Gasteiger partial charge in [0, 0.05) is 24.6 Å². The molecule has 1 aliphatic heterocycles. The molecule has 5 heteroatoms. The number of amides is 1. The van der Waals surface area contributed by atoms with Crippen molar-refractivity contribution in [2.75, 3.05) is 20.2 Å². The number of fused-ring (bicyclic) bond motifs is 1. The van der Waals surface area contributed by atoms with E-state index in [1.165, 1.54) is 6.08 Å². The largest absolute Gasteiger partial charge is 0.509 e. The number of nitrogens with one attached hydrogen (secondary N) is 2. The van der Waals surface area contributed by atoms with E-state index in [4.69, 9.17) is 9.84 Å². The monoisotopic (exact) mass is 374 g/mol. The van der Waals surface area contributed by atoms with Gasteiger partial charge in [0.25, 0.3) is 5.91 Å². The molecule has 0 aromatic heterocycles. The SMILES string of the molecule is C=C/C=C\C(=C)O.CC.CCC(CNC)COc1ccc2c(c1)C(=O)NC2. The van der Waals surface area contributed by atoms with Gasteiger partial charge >= 0.3 is 0 Å². The van der Waals surface area contributed by atoms with Crippen LogP contribution >= 0.6 is 0 Å². The second-order valence-corrected chi connectivity index (χ2v) is 5.73. The Balaban J connectivity index is 0.000000637. The fraction of sp³-hybridized carbons (Fsp3) is 0.409. The van der Waals surface area contributed by atoms with Gasteiger partial charge in [-0.1, -0.05) is 52.1 Å². The highest BCUT2D eigenvalue weighted by Crippen LogP contribution is 2.22. The summed E-state index contributed by atoms with van der Waals surface area (Å²) in [7, 11) is 1.95. The highest BCUT2D eigenvalue weighted by atomic mass is 16.5. The van der Waals surface area contributed by atoms with Gasteiger partial charge in [-0.05, 0) is 37.2 Å². The molecule has 2 rings (SSSR count). The molecule has 3 N–H and O–H groups in total. The molecule has 1 unspecified atom stereocenters. The highest BCUT2D eigenvalue weighted by molar-refractivity contribution is 5.98. The molecule has 1 aromatic rings. The predicted octanol–water partition coefficient (Wildman–Crippen LogP) is 4.38. The Kier molecular flexibility index (Phi) is 13.2. The van der Waals surface area contributed by atoms with Crippen LogP contribution in [0, 0.1) is 5.92 Å². The van der Waals surface area contributed by atoms with Crippen molar-refractivity contribution in [1.82, 2.24) is 10.6 Å². The number of ether oxygens (including phenoxy) is 1. The van der Waals surface area contributed by atoms with Crippen molar-refractivity contribution in [2.24, 2.45) is 5.92 Å². The lowest BCUT2D eigenvalue weighted by atomic mass is 10.1. The van der Waals surface area contributed by atoms with Gasteiger partial charge in [0.15, 0.2) is 0 Å². The molecule has 0 radical (unpaired) electrons. The van der Waals surface area contributed by atoms with Gasteiger partial charge in [0.05, 0.1) is 6.61 Å². The summed E-state index contributed by atoms with van der Waals surface area (Å²) < 4.78 is 5.77. The van der Waals surface area contributed by atoms with Crippen LogP contribution in [0.2, 0.25) is 0 Å². The van der Waals surface area contributed by atoms with Gasteiger partial charge in [-0.2, -0.15) is 0 Å². The van der Waals surface area contributed by atoms with E-state index in [0.29, 0.717) is 19.1 Å². The number of carbonyl (C=O) groups excluding carboxylic acids is 1. The zero-order valence-electron chi connectivity index (χ0n) is 17.0. The van der Waals surface area contributed by atoms with Crippen LogP contribution in [0.4, 0.5) is 0 Å². The summed E-state index contributed by atoms with van der Waals surface area (Å²) in [4.78, 5) is 11.5. The summed E-state index contributed by atoms with van der Waals surface area (Å²) in [5, 5.41) is 14.3. The van der Waals surface area contributed by atoms with E-state index in [9.17, 15) is 4.79 Å². The summed E-state index contributed by atoms with van der Waals surface area (Å²) in [5.74, 6) is 1.33. The molecule has 1 aromatic carbocycles. The van der Waals surface area contributed by atoms with Gasteiger partial charge in [-0.3, -0.25) is 4.79 Å². The number of rotatable bonds is 8. The topological polar surface area (TPSA) is 70.6 Å². The third-order valence-electron chi connectivity index (χ3n) is 3.75. The molecule has 27 heavy (non-hydrogen) atoms. The zero-order valence-corrected chi connectivity index (χ0v) is 17.0. The predicted molar refractivity (Wildman–Crippen MR) is 113 cm³/mol. The number of benzene rings is 1. The molecule has 1 aliphatic rings. The lowest BCUT2D eigenvalue weighted by Crippen LogP contribution is -2.23. The van der Waals surface area contributed by atoms with E-state index >= 15 is 0 Å². The number of hydrogen-bond acceptors (Lipinski definition) is 4. The number of allylic oxidation sites excluding steroid dienone is 3. The lowest BCUT2D eigenvalue weighted by Gasteiger charge is -2.15. The van der Waals surface area contributed by atoms with Crippen LogP contribution in [0.25, 0.3) is 0 Å². The summed E-state index contributed by atoms with van der Waals surface area (Å²) in [6.45, 7) is 15.0.